The number of carbonyl (C=O) groups is 3. The van der Waals surface area contributed by atoms with Crippen molar-refractivity contribution in [3.05, 3.63) is 0 Å². The number of likely N-dealkylation sites (N-methyl/N-ethyl adjacent to an activating group) is 1. The van der Waals surface area contributed by atoms with Gasteiger partial charge in [-0.25, -0.2) is 0 Å². The van der Waals surface area contributed by atoms with Crippen molar-refractivity contribution in [1.82, 2.24) is 14.7 Å². The van der Waals surface area contributed by atoms with Gasteiger partial charge >= 0.3 is 5.97 Å². The van der Waals surface area contributed by atoms with Crippen molar-refractivity contribution in [3.63, 3.8) is 0 Å². The highest BCUT2D eigenvalue weighted by Gasteiger charge is 2.38. The summed E-state index contributed by atoms with van der Waals surface area (Å²) in [5, 5.41) is 9.05. The van der Waals surface area contributed by atoms with E-state index in [2.05, 4.69) is 0 Å². The van der Waals surface area contributed by atoms with Crippen LogP contribution in [0.15, 0.2) is 0 Å². The van der Waals surface area contributed by atoms with Crippen molar-refractivity contribution in [2.75, 3.05) is 32.7 Å². The predicted octanol–water partition coefficient (Wildman–Crippen LogP) is 1.81. The third kappa shape index (κ3) is 5.92. The summed E-state index contributed by atoms with van der Waals surface area (Å²) in [6.45, 7) is 10.8. The monoisotopic (exact) mass is 381 g/mol. The van der Waals surface area contributed by atoms with E-state index >= 15 is 0 Å². The lowest BCUT2D eigenvalue weighted by Gasteiger charge is -2.39. The smallest absolute Gasteiger partial charge is 0.317 e. The maximum absolute atomic E-state index is 13.0. The van der Waals surface area contributed by atoms with Crippen LogP contribution in [0.2, 0.25) is 0 Å². The van der Waals surface area contributed by atoms with Gasteiger partial charge in [0.05, 0.1) is 6.54 Å². The molecule has 0 aromatic heterocycles. The van der Waals surface area contributed by atoms with Gasteiger partial charge in [0.15, 0.2) is 0 Å². The highest BCUT2D eigenvalue weighted by atomic mass is 16.4. The topological polar surface area (TPSA) is 81.2 Å². The third-order valence-corrected chi connectivity index (χ3v) is 5.58. The van der Waals surface area contributed by atoms with Gasteiger partial charge in [-0.3, -0.25) is 19.3 Å². The van der Waals surface area contributed by atoms with Crippen LogP contribution in [0.25, 0.3) is 0 Å². The van der Waals surface area contributed by atoms with Gasteiger partial charge in [-0.1, -0.05) is 27.7 Å². The summed E-state index contributed by atoms with van der Waals surface area (Å²) >= 11 is 0. The second-order valence-corrected chi connectivity index (χ2v) is 9.00. The van der Waals surface area contributed by atoms with Gasteiger partial charge < -0.3 is 14.9 Å². The van der Waals surface area contributed by atoms with Crippen molar-refractivity contribution in [2.24, 2.45) is 5.41 Å². The molecule has 2 amide bonds. The van der Waals surface area contributed by atoms with Crippen LogP contribution in [0.4, 0.5) is 0 Å². The maximum Gasteiger partial charge on any atom is 0.317 e. The molecule has 0 aromatic rings. The Bertz CT molecular complexity index is 550. The fourth-order valence-corrected chi connectivity index (χ4v) is 4.21. The zero-order valence-electron chi connectivity index (χ0n) is 17.2. The van der Waals surface area contributed by atoms with E-state index in [1.54, 1.807) is 4.90 Å². The summed E-state index contributed by atoms with van der Waals surface area (Å²) < 4.78 is 0. The Morgan fingerprint density at radius 3 is 2.22 bits per heavy atom. The van der Waals surface area contributed by atoms with Crippen LogP contribution in [-0.4, -0.2) is 82.4 Å². The molecule has 0 radical (unpaired) electrons. The Morgan fingerprint density at radius 2 is 1.70 bits per heavy atom. The van der Waals surface area contributed by atoms with Crippen LogP contribution in [0, 0.1) is 5.41 Å². The van der Waals surface area contributed by atoms with Gasteiger partial charge in [0.1, 0.15) is 6.04 Å². The number of aliphatic carboxylic acids is 1. The Hall–Kier alpha value is -1.63. The number of amides is 2. The van der Waals surface area contributed by atoms with E-state index < -0.39 is 5.97 Å². The summed E-state index contributed by atoms with van der Waals surface area (Å²) in [4.78, 5) is 42.3. The van der Waals surface area contributed by atoms with Crippen molar-refractivity contribution in [2.45, 2.75) is 71.9 Å². The van der Waals surface area contributed by atoms with Crippen LogP contribution in [0.1, 0.15) is 59.8 Å². The molecule has 27 heavy (non-hydrogen) atoms. The molecule has 7 nitrogen and oxygen atoms in total. The second-order valence-electron chi connectivity index (χ2n) is 9.00. The molecule has 1 unspecified atom stereocenters. The highest BCUT2D eigenvalue weighted by molar-refractivity contribution is 5.88. The van der Waals surface area contributed by atoms with E-state index in [0.29, 0.717) is 32.6 Å². The predicted molar refractivity (Wildman–Crippen MR) is 103 cm³/mol. The number of piperidine rings is 1. The molecule has 0 spiro atoms. The molecule has 0 aromatic carbocycles. The van der Waals surface area contributed by atoms with E-state index in [9.17, 15) is 14.4 Å². The van der Waals surface area contributed by atoms with E-state index in [-0.39, 0.29) is 35.9 Å². The van der Waals surface area contributed by atoms with Gasteiger partial charge in [-0.15, -0.1) is 0 Å². The summed E-state index contributed by atoms with van der Waals surface area (Å²) in [6, 6.07) is -0.116. The number of nitrogens with zero attached hydrogens (tertiary/aromatic N) is 3. The molecule has 2 rings (SSSR count). The number of rotatable bonds is 6. The molecular weight excluding hydrogens is 346 g/mol. The lowest BCUT2D eigenvalue weighted by molar-refractivity contribution is -0.146. The number of carboxylic acids is 1. The molecule has 0 bridgehead atoms. The molecule has 2 fully saturated rings. The first-order valence-corrected chi connectivity index (χ1v) is 10.2. The van der Waals surface area contributed by atoms with E-state index in [1.165, 1.54) is 0 Å². The van der Waals surface area contributed by atoms with Crippen LogP contribution in [-0.2, 0) is 14.4 Å². The van der Waals surface area contributed by atoms with E-state index in [1.807, 2.05) is 37.5 Å². The standard InChI is InChI=1S/C20H35N3O4/c1-5-21(14-18(25)26)15-8-11-22(12-9-15)19(27)16-7-6-10-23(16)17(24)13-20(2,3)4/h15-16H,5-14H2,1-4H3,(H,25,26). The zero-order valence-corrected chi connectivity index (χ0v) is 17.2. The van der Waals surface area contributed by atoms with Crippen LogP contribution in [0.5, 0.6) is 0 Å². The van der Waals surface area contributed by atoms with Crippen LogP contribution >= 0.6 is 0 Å². The molecule has 0 saturated carbocycles. The zero-order chi connectivity index (χ0) is 20.2. The molecule has 2 aliphatic rings. The first kappa shape index (κ1) is 21.7. The van der Waals surface area contributed by atoms with Crippen LogP contribution in [0.3, 0.4) is 0 Å². The summed E-state index contributed by atoms with van der Waals surface area (Å²) in [7, 11) is 0. The van der Waals surface area contributed by atoms with Gasteiger partial charge in [-0.05, 0) is 37.6 Å². The minimum Gasteiger partial charge on any atom is -0.480 e. The van der Waals surface area contributed by atoms with Crippen molar-refractivity contribution >= 4 is 17.8 Å². The molecule has 2 aliphatic heterocycles. The van der Waals surface area contributed by atoms with Crippen molar-refractivity contribution < 1.29 is 19.5 Å². The molecule has 0 aliphatic carbocycles. The van der Waals surface area contributed by atoms with E-state index in [0.717, 1.165) is 25.7 Å². The lowest BCUT2D eigenvalue weighted by atomic mass is 9.91. The van der Waals surface area contributed by atoms with Gasteiger partial charge in [-0.2, -0.15) is 0 Å². The average molecular weight is 382 g/mol. The molecule has 7 heteroatoms. The number of carboxylic acid groups (broad SMARTS) is 1. The lowest BCUT2D eigenvalue weighted by Crippen LogP contribution is -2.53. The molecule has 2 heterocycles. The highest BCUT2D eigenvalue weighted by Crippen LogP contribution is 2.27. The Balaban J connectivity index is 1.92. The SMILES string of the molecule is CCN(CC(=O)O)C1CCN(C(=O)C2CCCN2C(=O)CC(C)(C)C)CC1. The minimum atomic E-state index is -0.811. The molecular formula is C20H35N3O4. The normalized spacial score (nSPS) is 21.7. The number of likely N-dealkylation sites (tertiary alicyclic amines) is 2. The van der Waals surface area contributed by atoms with Gasteiger partial charge in [0.2, 0.25) is 11.8 Å². The molecule has 2 saturated heterocycles. The van der Waals surface area contributed by atoms with Gasteiger partial charge in [0.25, 0.3) is 0 Å². The Morgan fingerprint density at radius 1 is 1.07 bits per heavy atom. The second kappa shape index (κ2) is 9.04. The van der Waals surface area contributed by atoms with E-state index in [4.69, 9.17) is 5.11 Å². The fraction of sp³-hybridized carbons (Fsp3) is 0.850. The average Bonchev–Trinajstić information content (AvgIpc) is 3.07. The van der Waals surface area contributed by atoms with Crippen molar-refractivity contribution in [3.8, 4) is 0 Å². The fourth-order valence-electron chi connectivity index (χ4n) is 4.21. The molecule has 154 valence electrons. The number of carbonyl (C=O) groups excluding carboxylic acids is 2. The largest absolute Gasteiger partial charge is 0.480 e. The first-order valence-electron chi connectivity index (χ1n) is 10.2. The number of hydrogen-bond acceptors (Lipinski definition) is 4. The number of hydrogen-bond donors (Lipinski definition) is 1. The minimum absolute atomic E-state index is 0.0484. The maximum atomic E-state index is 13.0. The Kier molecular flexibility index (Phi) is 7.25. The quantitative estimate of drug-likeness (QED) is 0.759. The molecule has 1 atom stereocenters. The van der Waals surface area contributed by atoms with Crippen LogP contribution < -0.4 is 0 Å². The summed E-state index contributed by atoms with van der Waals surface area (Å²) in [6.07, 6.45) is 3.66. The summed E-state index contributed by atoms with van der Waals surface area (Å²) in [5.74, 6) is -0.671. The van der Waals surface area contributed by atoms with Crippen molar-refractivity contribution in [1.29, 1.82) is 0 Å². The first-order chi connectivity index (χ1) is 12.6. The molecule has 1 N–H and O–H groups in total. The van der Waals surface area contributed by atoms with Gasteiger partial charge in [0, 0.05) is 32.1 Å². The third-order valence-electron chi connectivity index (χ3n) is 5.58. The Labute approximate surface area is 162 Å². The summed E-state index contributed by atoms with van der Waals surface area (Å²) in [5.41, 5.74) is -0.0840.